The molecule has 0 saturated heterocycles. The van der Waals surface area contributed by atoms with Gasteiger partial charge in [0.25, 0.3) is 0 Å². The summed E-state index contributed by atoms with van der Waals surface area (Å²) in [6.45, 7) is 4.40. The number of carbonyl (C=O) groups is 1. The molecular formula is C27H38N2O2. The Labute approximate surface area is 187 Å². The summed E-state index contributed by atoms with van der Waals surface area (Å²) in [6, 6.07) is 10.2. The summed E-state index contributed by atoms with van der Waals surface area (Å²) >= 11 is 0. The molecule has 1 unspecified atom stereocenters. The molecule has 1 aromatic heterocycles. The van der Waals surface area contributed by atoms with Crippen LogP contribution in [0.5, 0.6) is 0 Å². The Hall–Kier alpha value is -2.49. The van der Waals surface area contributed by atoms with E-state index in [2.05, 4.69) is 35.9 Å². The number of carboxylic acids is 1. The molecule has 168 valence electrons. The molecule has 1 N–H and O–H groups in total. The molecule has 0 aliphatic rings. The highest BCUT2D eigenvalue weighted by Crippen LogP contribution is 2.28. The van der Waals surface area contributed by atoms with Crippen LogP contribution in [0.3, 0.4) is 0 Å². The van der Waals surface area contributed by atoms with Gasteiger partial charge in [0.1, 0.15) is 5.57 Å². The summed E-state index contributed by atoms with van der Waals surface area (Å²) < 4.78 is 0. The van der Waals surface area contributed by atoms with Crippen molar-refractivity contribution in [1.29, 1.82) is 0 Å². The van der Waals surface area contributed by atoms with E-state index in [1.54, 1.807) is 12.4 Å². The number of nitrogens with zero attached hydrogens (tertiary/aromatic N) is 2. The van der Waals surface area contributed by atoms with E-state index in [1.807, 2.05) is 24.3 Å². The number of aryl methyl sites for hydroxylation is 1. The maximum absolute atomic E-state index is 12.1. The van der Waals surface area contributed by atoms with Crippen molar-refractivity contribution in [2.24, 2.45) is 0 Å². The standard InChI is InChI=1S/C27H38N2O2/c1-3-5-7-8-9-12-18-24(23-16-13-10-14-17-23)19-25(27(30)31)26-28-20-22(21-29-26)15-11-6-4-2/h10,13-14,16-17,19-21,24H,3-9,11-12,15,18H2,1-2H3,(H,30,31)/b25-19+. The monoisotopic (exact) mass is 422 g/mol. The molecule has 0 aliphatic carbocycles. The number of rotatable bonds is 15. The van der Waals surface area contributed by atoms with Crippen LogP contribution in [0.2, 0.25) is 0 Å². The number of hydrogen-bond donors (Lipinski definition) is 1. The first-order valence-corrected chi connectivity index (χ1v) is 12.0. The molecule has 0 radical (unpaired) electrons. The smallest absolute Gasteiger partial charge is 0.339 e. The minimum absolute atomic E-state index is 0.0475. The van der Waals surface area contributed by atoms with E-state index in [0.717, 1.165) is 36.8 Å². The number of carboxylic acid groups (broad SMARTS) is 1. The SMILES string of the molecule is CCCCCCCCC(/C=C(/C(=O)O)c1ncc(CCCCC)cn1)c1ccccc1. The fraction of sp³-hybridized carbons (Fsp3) is 0.519. The first kappa shape index (κ1) is 24.8. The van der Waals surface area contributed by atoms with E-state index in [1.165, 1.54) is 44.9 Å². The van der Waals surface area contributed by atoms with Gasteiger partial charge in [0.2, 0.25) is 0 Å². The van der Waals surface area contributed by atoms with E-state index >= 15 is 0 Å². The van der Waals surface area contributed by atoms with Crippen LogP contribution in [0, 0.1) is 0 Å². The first-order chi connectivity index (χ1) is 15.2. The van der Waals surface area contributed by atoms with E-state index < -0.39 is 5.97 Å². The number of benzene rings is 1. The number of allylic oxidation sites excluding steroid dienone is 1. The van der Waals surface area contributed by atoms with E-state index in [-0.39, 0.29) is 11.5 Å². The van der Waals surface area contributed by atoms with Gasteiger partial charge in [-0.2, -0.15) is 0 Å². The predicted molar refractivity (Wildman–Crippen MR) is 128 cm³/mol. The topological polar surface area (TPSA) is 63.1 Å². The zero-order valence-electron chi connectivity index (χ0n) is 19.2. The molecule has 0 aliphatic heterocycles. The van der Waals surface area contributed by atoms with Crippen LogP contribution in [0.4, 0.5) is 0 Å². The molecule has 4 heteroatoms. The number of aliphatic carboxylic acids is 1. The Bertz CT molecular complexity index is 785. The molecule has 2 rings (SSSR count). The Kier molecular flexibility index (Phi) is 11.6. The van der Waals surface area contributed by atoms with Gasteiger partial charge in [0, 0.05) is 18.3 Å². The van der Waals surface area contributed by atoms with E-state index in [9.17, 15) is 9.90 Å². The van der Waals surface area contributed by atoms with Gasteiger partial charge in [0.15, 0.2) is 5.82 Å². The van der Waals surface area contributed by atoms with Gasteiger partial charge in [-0.05, 0) is 30.4 Å². The predicted octanol–water partition coefficient (Wildman–Crippen LogP) is 7.21. The average Bonchev–Trinajstić information content (AvgIpc) is 2.79. The van der Waals surface area contributed by atoms with Gasteiger partial charge in [-0.25, -0.2) is 14.8 Å². The molecule has 4 nitrogen and oxygen atoms in total. The summed E-state index contributed by atoms with van der Waals surface area (Å²) in [6.07, 6.45) is 18.1. The van der Waals surface area contributed by atoms with Crippen LogP contribution < -0.4 is 0 Å². The van der Waals surface area contributed by atoms with Crippen molar-refractivity contribution in [2.75, 3.05) is 0 Å². The Balaban J connectivity index is 2.15. The van der Waals surface area contributed by atoms with E-state index in [0.29, 0.717) is 5.82 Å². The van der Waals surface area contributed by atoms with Crippen molar-refractivity contribution in [1.82, 2.24) is 9.97 Å². The first-order valence-electron chi connectivity index (χ1n) is 12.0. The molecule has 0 fully saturated rings. The maximum Gasteiger partial charge on any atom is 0.339 e. The molecule has 0 spiro atoms. The van der Waals surface area contributed by atoms with Crippen LogP contribution in [-0.4, -0.2) is 21.0 Å². The second-order valence-corrected chi connectivity index (χ2v) is 8.33. The zero-order valence-corrected chi connectivity index (χ0v) is 19.2. The van der Waals surface area contributed by atoms with Crippen molar-refractivity contribution in [3.05, 3.63) is 65.8 Å². The fourth-order valence-corrected chi connectivity index (χ4v) is 3.84. The van der Waals surface area contributed by atoms with Crippen LogP contribution in [0.1, 0.15) is 101 Å². The highest BCUT2D eigenvalue weighted by Gasteiger charge is 2.18. The highest BCUT2D eigenvalue weighted by molar-refractivity contribution is 6.14. The van der Waals surface area contributed by atoms with Crippen molar-refractivity contribution in [3.63, 3.8) is 0 Å². The zero-order chi connectivity index (χ0) is 22.3. The molecule has 1 heterocycles. The molecule has 1 aromatic carbocycles. The molecule has 1 atom stereocenters. The highest BCUT2D eigenvalue weighted by atomic mass is 16.4. The number of unbranched alkanes of at least 4 members (excludes halogenated alkanes) is 7. The lowest BCUT2D eigenvalue weighted by atomic mass is 9.90. The third-order valence-electron chi connectivity index (χ3n) is 5.71. The molecule has 0 saturated carbocycles. The summed E-state index contributed by atoms with van der Waals surface area (Å²) in [5, 5.41) is 9.89. The summed E-state index contributed by atoms with van der Waals surface area (Å²) in [5.41, 5.74) is 2.40. The maximum atomic E-state index is 12.1. The molecule has 0 bridgehead atoms. The van der Waals surface area contributed by atoms with Crippen molar-refractivity contribution < 1.29 is 9.90 Å². The van der Waals surface area contributed by atoms with Gasteiger partial charge >= 0.3 is 5.97 Å². The van der Waals surface area contributed by atoms with Gasteiger partial charge in [0.05, 0.1) is 0 Å². The number of aromatic nitrogens is 2. The van der Waals surface area contributed by atoms with Crippen molar-refractivity contribution in [2.45, 2.75) is 90.4 Å². The summed E-state index contributed by atoms with van der Waals surface area (Å²) in [4.78, 5) is 20.9. The lowest BCUT2D eigenvalue weighted by Crippen LogP contribution is -2.07. The average molecular weight is 423 g/mol. The Morgan fingerprint density at radius 3 is 2.16 bits per heavy atom. The largest absolute Gasteiger partial charge is 0.478 e. The molecule has 0 amide bonds. The van der Waals surface area contributed by atoms with Crippen molar-refractivity contribution in [3.8, 4) is 0 Å². The molecule has 31 heavy (non-hydrogen) atoms. The quantitative estimate of drug-likeness (QED) is 0.243. The third kappa shape index (κ3) is 9.04. The Morgan fingerprint density at radius 2 is 1.52 bits per heavy atom. The van der Waals surface area contributed by atoms with Crippen LogP contribution in [-0.2, 0) is 11.2 Å². The summed E-state index contributed by atoms with van der Waals surface area (Å²) in [7, 11) is 0. The minimum atomic E-state index is -0.970. The summed E-state index contributed by atoms with van der Waals surface area (Å²) in [5.74, 6) is -0.621. The van der Waals surface area contributed by atoms with Gasteiger partial charge < -0.3 is 5.11 Å². The lowest BCUT2D eigenvalue weighted by molar-refractivity contribution is -0.130. The number of hydrogen-bond acceptors (Lipinski definition) is 3. The van der Waals surface area contributed by atoms with Crippen LogP contribution in [0.15, 0.2) is 48.8 Å². The van der Waals surface area contributed by atoms with Crippen LogP contribution >= 0.6 is 0 Å². The Morgan fingerprint density at radius 1 is 0.903 bits per heavy atom. The van der Waals surface area contributed by atoms with Gasteiger partial charge in [-0.15, -0.1) is 0 Å². The van der Waals surface area contributed by atoms with E-state index in [4.69, 9.17) is 0 Å². The fourth-order valence-electron chi connectivity index (χ4n) is 3.84. The molecule has 2 aromatic rings. The second-order valence-electron chi connectivity index (χ2n) is 8.33. The van der Waals surface area contributed by atoms with Gasteiger partial charge in [-0.3, -0.25) is 0 Å². The van der Waals surface area contributed by atoms with Crippen LogP contribution in [0.25, 0.3) is 5.57 Å². The third-order valence-corrected chi connectivity index (χ3v) is 5.71. The normalized spacial score (nSPS) is 12.6. The minimum Gasteiger partial charge on any atom is -0.478 e. The van der Waals surface area contributed by atoms with Crippen molar-refractivity contribution >= 4 is 11.5 Å². The van der Waals surface area contributed by atoms with Gasteiger partial charge in [-0.1, -0.05) is 102 Å². The molecular weight excluding hydrogens is 384 g/mol. The second kappa shape index (κ2) is 14.5. The lowest BCUT2D eigenvalue weighted by Gasteiger charge is -2.15.